The molecule has 1 rings (SSSR count). The lowest BCUT2D eigenvalue weighted by Crippen LogP contribution is -2.16. The van der Waals surface area contributed by atoms with Crippen LogP contribution >= 0.6 is 34.8 Å². The summed E-state index contributed by atoms with van der Waals surface area (Å²) in [6.45, 7) is 0. The van der Waals surface area contributed by atoms with Crippen molar-refractivity contribution in [2.75, 3.05) is 0 Å². The number of halogens is 3. The highest BCUT2D eigenvalue weighted by molar-refractivity contribution is 6.40. The summed E-state index contributed by atoms with van der Waals surface area (Å²) in [6.07, 6.45) is 6.31. The quantitative estimate of drug-likeness (QED) is 0.536. The highest BCUT2D eigenvalue weighted by atomic mass is 35.5. The Balaban J connectivity index is 2.61. The maximum Gasteiger partial charge on any atom is 0.0852 e. The molecule has 0 radical (unpaired) electrons. The first-order chi connectivity index (χ1) is 5.22. The largest absolute Gasteiger partial charge is 0.121 e. The molecule has 0 saturated heterocycles. The molecular weight excluding hydrogens is 202 g/mol. The van der Waals surface area contributed by atoms with Gasteiger partial charge in [0.2, 0.25) is 0 Å². The molecule has 0 fully saturated rings. The highest BCUT2D eigenvalue weighted by Crippen LogP contribution is 2.28. The molecule has 0 nitrogen and oxygen atoms in total. The number of hydrogen-bond donors (Lipinski definition) is 0. The van der Waals surface area contributed by atoms with Crippen molar-refractivity contribution in [1.29, 1.82) is 0 Å². The van der Waals surface area contributed by atoms with Crippen molar-refractivity contribution >= 4 is 34.8 Å². The summed E-state index contributed by atoms with van der Waals surface area (Å²) in [5, 5.41) is 0.533. The Bertz CT molecular complexity index is 153. The standard InChI is InChI=1S/C8H11Cl3/c9-6-4-2-1-3-5-7(10)8(6)11/h4,7-8H,1-3,5H2. The van der Waals surface area contributed by atoms with E-state index in [2.05, 4.69) is 0 Å². The van der Waals surface area contributed by atoms with Crippen molar-refractivity contribution in [3.8, 4) is 0 Å². The van der Waals surface area contributed by atoms with Crippen LogP contribution in [0.15, 0.2) is 11.1 Å². The number of allylic oxidation sites excluding steroid dienone is 2. The average molecular weight is 214 g/mol. The highest BCUT2D eigenvalue weighted by Gasteiger charge is 2.20. The lowest BCUT2D eigenvalue weighted by atomic mass is 10.1. The molecule has 0 spiro atoms. The molecule has 0 aromatic carbocycles. The predicted octanol–water partition coefficient (Wildman–Crippen LogP) is 3.90. The lowest BCUT2D eigenvalue weighted by molar-refractivity contribution is 0.643. The van der Waals surface area contributed by atoms with Crippen molar-refractivity contribution in [2.24, 2.45) is 0 Å². The predicted molar refractivity (Wildman–Crippen MR) is 51.7 cm³/mol. The topological polar surface area (TPSA) is 0 Å². The van der Waals surface area contributed by atoms with Crippen molar-refractivity contribution in [1.82, 2.24) is 0 Å². The molecule has 0 saturated carbocycles. The van der Waals surface area contributed by atoms with Gasteiger partial charge in [-0.3, -0.25) is 0 Å². The van der Waals surface area contributed by atoms with Gasteiger partial charge in [-0.25, -0.2) is 0 Å². The van der Waals surface area contributed by atoms with E-state index < -0.39 is 0 Å². The molecule has 3 heteroatoms. The van der Waals surface area contributed by atoms with E-state index >= 15 is 0 Å². The van der Waals surface area contributed by atoms with E-state index in [9.17, 15) is 0 Å². The summed E-state index contributed by atoms with van der Waals surface area (Å²) in [7, 11) is 0. The van der Waals surface area contributed by atoms with Crippen LogP contribution < -0.4 is 0 Å². The van der Waals surface area contributed by atoms with Crippen LogP contribution in [0, 0.1) is 0 Å². The zero-order valence-corrected chi connectivity index (χ0v) is 8.46. The first-order valence-corrected chi connectivity index (χ1v) is 5.10. The minimum Gasteiger partial charge on any atom is -0.121 e. The molecule has 0 aromatic rings. The van der Waals surface area contributed by atoms with Gasteiger partial charge in [0.15, 0.2) is 0 Å². The number of alkyl halides is 2. The van der Waals surface area contributed by atoms with Crippen molar-refractivity contribution < 1.29 is 0 Å². The smallest absolute Gasteiger partial charge is 0.0852 e. The van der Waals surface area contributed by atoms with Gasteiger partial charge < -0.3 is 0 Å². The lowest BCUT2D eigenvalue weighted by Gasteiger charge is -2.17. The van der Waals surface area contributed by atoms with Crippen LogP contribution in [0.5, 0.6) is 0 Å². The van der Waals surface area contributed by atoms with Gasteiger partial charge >= 0.3 is 0 Å². The molecule has 11 heavy (non-hydrogen) atoms. The third-order valence-electron chi connectivity index (χ3n) is 1.85. The van der Waals surface area contributed by atoms with E-state index in [1.54, 1.807) is 0 Å². The normalized spacial score (nSPS) is 33.9. The molecular formula is C8H11Cl3. The second-order valence-electron chi connectivity index (χ2n) is 2.79. The van der Waals surface area contributed by atoms with E-state index in [1.165, 1.54) is 6.42 Å². The molecule has 64 valence electrons. The maximum atomic E-state index is 5.98. The van der Waals surface area contributed by atoms with Crippen LogP contribution in [-0.4, -0.2) is 10.8 Å². The van der Waals surface area contributed by atoms with Crippen molar-refractivity contribution in [3.63, 3.8) is 0 Å². The summed E-state index contributed by atoms with van der Waals surface area (Å²) in [6, 6.07) is 0. The Hall–Kier alpha value is 0.610. The molecule has 0 N–H and O–H groups in total. The fourth-order valence-corrected chi connectivity index (χ4v) is 1.99. The van der Waals surface area contributed by atoms with E-state index in [-0.39, 0.29) is 10.8 Å². The van der Waals surface area contributed by atoms with Crippen LogP contribution in [0.3, 0.4) is 0 Å². The molecule has 0 aromatic heterocycles. The Morgan fingerprint density at radius 2 is 2.00 bits per heavy atom. The Kier molecular flexibility index (Phi) is 4.05. The summed E-state index contributed by atoms with van der Waals surface area (Å²) in [4.78, 5) is 0. The fraction of sp³-hybridized carbons (Fsp3) is 0.750. The molecule has 0 aliphatic heterocycles. The van der Waals surface area contributed by atoms with Gasteiger partial charge in [0, 0.05) is 5.03 Å². The van der Waals surface area contributed by atoms with Gasteiger partial charge in [0.25, 0.3) is 0 Å². The zero-order valence-electron chi connectivity index (χ0n) is 6.19. The molecule has 0 heterocycles. The van der Waals surface area contributed by atoms with Crippen LogP contribution in [0.4, 0.5) is 0 Å². The second-order valence-corrected chi connectivity index (χ2v) is 4.26. The molecule has 0 bridgehead atoms. The van der Waals surface area contributed by atoms with Crippen LogP contribution in [0.2, 0.25) is 0 Å². The van der Waals surface area contributed by atoms with Gasteiger partial charge in [-0.15, -0.1) is 23.2 Å². The molecule has 0 amide bonds. The first kappa shape index (κ1) is 9.70. The van der Waals surface area contributed by atoms with E-state index in [1.807, 2.05) is 6.08 Å². The van der Waals surface area contributed by atoms with Gasteiger partial charge in [0.05, 0.1) is 10.8 Å². The molecule has 1 aliphatic carbocycles. The summed E-state index contributed by atoms with van der Waals surface area (Å²) < 4.78 is 0. The maximum absolute atomic E-state index is 5.98. The minimum atomic E-state index is -0.182. The first-order valence-electron chi connectivity index (χ1n) is 3.85. The van der Waals surface area contributed by atoms with Crippen LogP contribution in [0.25, 0.3) is 0 Å². The Morgan fingerprint density at radius 3 is 2.73 bits per heavy atom. The van der Waals surface area contributed by atoms with Gasteiger partial charge in [0.1, 0.15) is 0 Å². The zero-order chi connectivity index (χ0) is 8.27. The summed E-state index contributed by atoms with van der Waals surface area (Å²) in [5.41, 5.74) is 0. The van der Waals surface area contributed by atoms with Gasteiger partial charge in [-0.2, -0.15) is 0 Å². The third kappa shape index (κ3) is 2.85. The van der Waals surface area contributed by atoms with E-state index in [0.29, 0.717) is 5.03 Å². The summed E-state index contributed by atoms with van der Waals surface area (Å²) in [5.74, 6) is 0. The Labute approximate surface area is 82.5 Å². The van der Waals surface area contributed by atoms with E-state index in [4.69, 9.17) is 34.8 Å². The van der Waals surface area contributed by atoms with Crippen molar-refractivity contribution in [2.45, 2.75) is 36.4 Å². The summed E-state index contributed by atoms with van der Waals surface area (Å²) >= 11 is 17.8. The van der Waals surface area contributed by atoms with Crippen LogP contribution in [-0.2, 0) is 0 Å². The second kappa shape index (κ2) is 4.59. The monoisotopic (exact) mass is 212 g/mol. The third-order valence-corrected chi connectivity index (χ3v) is 3.49. The average Bonchev–Trinajstić information content (AvgIpc) is 2.00. The molecule has 1 aliphatic rings. The molecule has 2 atom stereocenters. The number of hydrogen-bond acceptors (Lipinski definition) is 0. The van der Waals surface area contributed by atoms with Crippen molar-refractivity contribution in [3.05, 3.63) is 11.1 Å². The van der Waals surface area contributed by atoms with Gasteiger partial charge in [-0.05, 0) is 19.3 Å². The Morgan fingerprint density at radius 1 is 1.27 bits per heavy atom. The minimum absolute atomic E-state index is 0.000664. The van der Waals surface area contributed by atoms with E-state index in [0.717, 1.165) is 19.3 Å². The molecule has 2 unspecified atom stereocenters. The SMILES string of the molecule is ClC1=CCCCCC(Cl)C1Cl. The van der Waals surface area contributed by atoms with Crippen LogP contribution in [0.1, 0.15) is 25.7 Å². The fourth-order valence-electron chi connectivity index (χ4n) is 1.16. The number of rotatable bonds is 0. The van der Waals surface area contributed by atoms with Gasteiger partial charge in [-0.1, -0.05) is 24.1 Å².